The molecule has 4 aromatic rings. The van der Waals surface area contributed by atoms with E-state index in [0.29, 0.717) is 13.0 Å². The number of alkyl carbamates (subject to hydrolysis) is 1. The summed E-state index contributed by atoms with van der Waals surface area (Å²) < 4.78 is 18.3. The van der Waals surface area contributed by atoms with Crippen molar-refractivity contribution in [2.75, 3.05) is 13.6 Å². The maximum Gasteiger partial charge on any atom is 0.408 e. The summed E-state index contributed by atoms with van der Waals surface area (Å²) in [5, 5.41) is 23.2. The quantitative estimate of drug-likeness (QED) is 0.158. The summed E-state index contributed by atoms with van der Waals surface area (Å²) in [6.07, 6.45) is -2.22. The SMILES string of the molecule is C[C@@H]([C@H](O)c1ccccc1)N(C)C[C@@H]1C[C@H](c2ccc(CO)cc2)O[C@H](c2ccc(CN3C(=O)CC(NC(=O)OCc4ccccc4)C3=O)cc2)O1. The van der Waals surface area contributed by atoms with E-state index in [1.807, 2.05) is 123 Å². The Morgan fingerprint density at radius 3 is 2.19 bits per heavy atom. The average Bonchev–Trinajstić information content (AvgIpc) is 3.44. The van der Waals surface area contributed by atoms with E-state index in [1.165, 1.54) is 0 Å². The number of hydrogen-bond acceptors (Lipinski definition) is 9. The molecule has 2 aliphatic heterocycles. The number of aliphatic hydroxyl groups is 2. The first-order chi connectivity index (χ1) is 25.2. The molecule has 0 aromatic heterocycles. The van der Waals surface area contributed by atoms with E-state index in [9.17, 15) is 24.6 Å². The first-order valence-electron chi connectivity index (χ1n) is 17.5. The van der Waals surface area contributed by atoms with Gasteiger partial charge < -0.3 is 29.7 Å². The van der Waals surface area contributed by atoms with Crippen LogP contribution in [0.1, 0.15) is 71.6 Å². The molecule has 0 spiro atoms. The van der Waals surface area contributed by atoms with E-state index in [4.69, 9.17) is 14.2 Å². The maximum absolute atomic E-state index is 13.1. The number of benzene rings is 4. The summed E-state index contributed by atoms with van der Waals surface area (Å²) >= 11 is 0. The molecule has 4 aromatic carbocycles. The molecule has 11 heteroatoms. The molecular formula is C41H45N3O8. The van der Waals surface area contributed by atoms with Gasteiger partial charge in [-0.25, -0.2) is 4.79 Å². The molecule has 272 valence electrons. The second-order valence-electron chi connectivity index (χ2n) is 13.4. The summed E-state index contributed by atoms with van der Waals surface area (Å²) in [5.41, 5.74) is 4.92. The van der Waals surface area contributed by atoms with E-state index in [-0.39, 0.29) is 50.3 Å². The number of amides is 3. The fraction of sp³-hybridized carbons (Fsp3) is 0.341. The summed E-state index contributed by atoms with van der Waals surface area (Å²) in [6.45, 7) is 2.59. The highest BCUT2D eigenvalue weighted by molar-refractivity contribution is 6.06. The predicted octanol–water partition coefficient (Wildman–Crippen LogP) is 5.33. The number of likely N-dealkylation sites (N-methyl/N-ethyl adjacent to an activating group) is 1. The van der Waals surface area contributed by atoms with Gasteiger partial charge in [-0.2, -0.15) is 0 Å². The first kappa shape index (κ1) is 36.9. The highest BCUT2D eigenvalue weighted by Crippen LogP contribution is 2.38. The van der Waals surface area contributed by atoms with E-state index < -0.39 is 30.4 Å². The van der Waals surface area contributed by atoms with Crippen LogP contribution < -0.4 is 5.32 Å². The Kier molecular flexibility index (Phi) is 12.1. The van der Waals surface area contributed by atoms with Gasteiger partial charge in [-0.1, -0.05) is 109 Å². The van der Waals surface area contributed by atoms with E-state index in [2.05, 4.69) is 10.2 Å². The van der Waals surface area contributed by atoms with Crippen LogP contribution in [0, 0.1) is 0 Å². The van der Waals surface area contributed by atoms with Gasteiger partial charge in [0.05, 0.1) is 37.9 Å². The minimum Gasteiger partial charge on any atom is -0.445 e. The Bertz CT molecular complexity index is 1790. The third kappa shape index (κ3) is 9.11. The van der Waals surface area contributed by atoms with Crippen LogP contribution in [0.2, 0.25) is 0 Å². The summed E-state index contributed by atoms with van der Waals surface area (Å²) in [7, 11) is 1.97. The van der Waals surface area contributed by atoms with Crippen molar-refractivity contribution in [3.63, 3.8) is 0 Å². The summed E-state index contributed by atoms with van der Waals surface area (Å²) in [6, 6.07) is 32.7. The van der Waals surface area contributed by atoms with Crippen LogP contribution in [-0.2, 0) is 43.6 Å². The largest absolute Gasteiger partial charge is 0.445 e. The van der Waals surface area contributed by atoms with Crippen molar-refractivity contribution in [2.45, 2.75) is 76.2 Å². The molecule has 2 fully saturated rings. The molecule has 6 atom stereocenters. The number of likely N-dealkylation sites (tertiary alicyclic amines) is 1. The molecule has 2 heterocycles. The van der Waals surface area contributed by atoms with Gasteiger partial charge in [0.25, 0.3) is 5.91 Å². The maximum atomic E-state index is 13.1. The van der Waals surface area contributed by atoms with Crippen molar-refractivity contribution in [1.82, 2.24) is 15.1 Å². The van der Waals surface area contributed by atoms with E-state index >= 15 is 0 Å². The van der Waals surface area contributed by atoms with E-state index in [1.54, 1.807) is 0 Å². The fourth-order valence-corrected chi connectivity index (χ4v) is 6.52. The van der Waals surface area contributed by atoms with Crippen LogP contribution in [0.3, 0.4) is 0 Å². The zero-order chi connectivity index (χ0) is 36.6. The second-order valence-corrected chi connectivity index (χ2v) is 13.4. The fourth-order valence-electron chi connectivity index (χ4n) is 6.52. The predicted molar refractivity (Wildman–Crippen MR) is 192 cm³/mol. The minimum absolute atomic E-state index is 0.0496. The molecule has 3 amide bonds. The van der Waals surface area contributed by atoms with Gasteiger partial charge in [0.1, 0.15) is 12.6 Å². The average molecular weight is 708 g/mol. The third-order valence-electron chi connectivity index (χ3n) is 9.74. The van der Waals surface area contributed by atoms with Crippen LogP contribution in [0.4, 0.5) is 4.79 Å². The van der Waals surface area contributed by atoms with Gasteiger partial charge >= 0.3 is 6.09 Å². The second kappa shape index (κ2) is 17.1. The Morgan fingerprint density at radius 2 is 1.52 bits per heavy atom. The number of hydrogen-bond donors (Lipinski definition) is 3. The van der Waals surface area contributed by atoms with Gasteiger partial charge in [-0.05, 0) is 41.8 Å². The lowest BCUT2D eigenvalue weighted by molar-refractivity contribution is -0.253. The molecule has 1 unspecified atom stereocenters. The van der Waals surface area contributed by atoms with Gasteiger partial charge in [0.15, 0.2) is 6.29 Å². The number of nitrogens with one attached hydrogen (secondary N) is 1. The number of nitrogens with zero attached hydrogens (tertiary/aromatic N) is 2. The molecule has 0 aliphatic carbocycles. The van der Waals surface area contributed by atoms with Crippen LogP contribution >= 0.6 is 0 Å². The van der Waals surface area contributed by atoms with Crippen molar-refractivity contribution in [2.24, 2.45) is 0 Å². The molecule has 6 rings (SSSR count). The highest BCUT2D eigenvalue weighted by Gasteiger charge is 2.40. The molecule has 52 heavy (non-hydrogen) atoms. The zero-order valence-corrected chi connectivity index (χ0v) is 29.3. The van der Waals surface area contributed by atoms with Crippen molar-refractivity contribution in [3.8, 4) is 0 Å². The van der Waals surface area contributed by atoms with Crippen LogP contribution in [0.25, 0.3) is 0 Å². The highest BCUT2D eigenvalue weighted by atomic mass is 16.7. The van der Waals surface area contributed by atoms with Crippen LogP contribution in [-0.4, -0.2) is 69.7 Å². The van der Waals surface area contributed by atoms with Crippen molar-refractivity contribution >= 4 is 17.9 Å². The molecule has 0 bridgehead atoms. The molecule has 0 radical (unpaired) electrons. The Balaban J connectivity index is 1.10. The number of ether oxygens (including phenoxy) is 3. The number of carbonyl (C=O) groups excluding carboxylic acids is 3. The smallest absolute Gasteiger partial charge is 0.408 e. The summed E-state index contributed by atoms with van der Waals surface area (Å²) in [5.74, 6) is -0.867. The van der Waals surface area contributed by atoms with E-state index in [0.717, 1.165) is 38.3 Å². The third-order valence-corrected chi connectivity index (χ3v) is 9.74. The minimum atomic E-state index is -0.992. The molecule has 3 N–H and O–H groups in total. The zero-order valence-electron chi connectivity index (χ0n) is 29.3. The lowest BCUT2D eigenvalue weighted by Crippen LogP contribution is -2.43. The topological polar surface area (TPSA) is 138 Å². The number of carbonyl (C=O) groups is 3. The van der Waals surface area contributed by atoms with Gasteiger partial charge in [0.2, 0.25) is 5.91 Å². The van der Waals surface area contributed by atoms with Gasteiger partial charge in [-0.15, -0.1) is 0 Å². The van der Waals surface area contributed by atoms with Gasteiger partial charge in [0, 0.05) is 24.6 Å². The van der Waals surface area contributed by atoms with Crippen LogP contribution in [0.5, 0.6) is 0 Å². The number of rotatable bonds is 13. The Hall–Kier alpha value is -4.91. The molecular weight excluding hydrogens is 662 g/mol. The standard InChI is InChI=1S/C41H45N3O8/c1-27(38(47)32-11-7-4-8-12-32)43(2)24-34-21-36(31-17-15-29(25-45)16-18-31)52-40(51-34)33-19-13-28(14-20-33)23-44-37(46)22-35(39(44)48)42-41(49)50-26-30-9-5-3-6-10-30/h3-20,27,34-36,38,40,45,47H,21-26H2,1-2H3,(H,42,49)/t27-,34-,35?,36+,38-,40+/m0/s1. The molecule has 2 saturated heterocycles. The molecule has 2 aliphatic rings. The van der Waals surface area contributed by atoms with Crippen molar-refractivity contribution in [1.29, 1.82) is 0 Å². The Morgan fingerprint density at radius 1 is 0.885 bits per heavy atom. The normalized spacial score (nSPS) is 21.6. The Labute approximate surface area is 303 Å². The number of imide groups is 1. The first-order valence-corrected chi connectivity index (χ1v) is 17.5. The van der Waals surface area contributed by atoms with Crippen molar-refractivity contribution < 1.29 is 38.8 Å². The molecule has 0 saturated carbocycles. The number of aliphatic hydroxyl groups excluding tert-OH is 2. The lowest BCUT2D eigenvalue weighted by atomic mass is 9.98. The van der Waals surface area contributed by atoms with Gasteiger partial charge in [-0.3, -0.25) is 19.4 Å². The van der Waals surface area contributed by atoms with Crippen molar-refractivity contribution in [3.05, 3.63) is 143 Å². The monoisotopic (exact) mass is 707 g/mol. The molecule has 11 nitrogen and oxygen atoms in total. The lowest BCUT2D eigenvalue weighted by Gasteiger charge is -2.39. The summed E-state index contributed by atoms with van der Waals surface area (Å²) in [4.78, 5) is 41.5. The van der Waals surface area contributed by atoms with Crippen LogP contribution in [0.15, 0.2) is 109 Å².